The summed E-state index contributed by atoms with van der Waals surface area (Å²) in [6.45, 7) is 0.997. The highest BCUT2D eigenvalue weighted by Crippen LogP contribution is 2.43. The van der Waals surface area contributed by atoms with Gasteiger partial charge < -0.3 is 15.3 Å². The van der Waals surface area contributed by atoms with Gasteiger partial charge in [0.2, 0.25) is 5.60 Å². The number of aliphatic hydroxyl groups is 1. The zero-order chi connectivity index (χ0) is 14.4. The topological polar surface area (TPSA) is 59.4 Å². The highest BCUT2D eigenvalue weighted by Gasteiger charge is 2.60. The van der Waals surface area contributed by atoms with E-state index in [2.05, 4.69) is 0 Å². The third kappa shape index (κ3) is 1.98. The predicted molar refractivity (Wildman–Crippen MR) is 59.8 cm³/mol. The molecule has 0 saturated heterocycles. The average molecular weight is 277 g/mol. The molecule has 1 heterocycles. The molecule has 7 heteroatoms. The molecule has 0 aliphatic carbocycles. The summed E-state index contributed by atoms with van der Waals surface area (Å²) in [5.74, 6) is -1.63. The molecule has 19 heavy (non-hydrogen) atoms. The van der Waals surface area contributed by atoms with Crippen molar-refractivity contribution in [2.45, 2.75) is 24.7 Å². The average Bonchev–Trinajstić information content (AvgIpc) is 2.71. The van der Waals surface area contributed by atoms with Crippen LogP contribution in [-0.4, -0.2) is 17.3 Å². The number of benzene rings is 1. The zero-order valence-electron chi connectivity index (χ0n) is 9.83. The number of hydrogen-bond acceptors (Lipinski definition) is 3. The molecule has 0 bridgehead atoms. The number of furan rings is 1. The number of para-hydroxylation sites is 1. The van der Waals surface area contributed by atoms with Crippen molar-refractivity contribution in [3.63, 3.8) is 0 Å². The van der Waals surface area contributed by atoms with Crippen LogP contribution >= 0.6 is 0 Å². The summed E-state index contributed by atoms with van der Waals surface area (Å²) in [6, 6.07) is 3.03. The Hall–Kier alpha value is -1.60. The predicted octanol–water partition coefficient (Wildman–Crippen LogP) is 2.67. The van der Waals surface area contributed by atoms with E-state index >= 15 is 0 Å². The molecule has 3 nitrogen and oxygen atoms in total. The molecule has 2 aromatic rings. The Bertz CT molecular complexity index is 605. The standard InChI is InChI=1S/C12H11F4NO2/c1-6(17)11(18,12(14,15)16)9-5-7-3-2-4-8(13)10(7)19-9/h2-6,18H,17H2,1H3. The van der Waals surface area contributed by atoms with E-state index < -0.39 is 29.4 Å². The lowest BCUT2D eigenvalue weighted by atomic mass is 9.92. The first-order valence-corrected chi connectivity index (χ1v) is 5.41. The van der Waals surface area contributed by atoms with Crippen molar-refractivity contribution in [1.29, 1.82) is 0 Å². The van der Waals surface area contributed by atoms with E-state index in [0.717, 1.165) is 19.1 Å². The van der Waals surface area contributed by atoms with E-state index in [1.165, 1.54) is 12.1 Å². The zero-order valence-corrected chi connectivity index (χ0v) is 9.83. The summed E-state index contributed by atoms with van der Waals surface area (Å²) in [6.07, 6.45) is -5.04. The Morgan fingerprint density at radius 1 is 1.32 bits per heavy atom. The van der Waals surface area contributed by atoms with Crippen LogP contribution in [0, 0.1) is 5.82 Å². The molecule has 0 fully saturated rings. The maximum Gasteiger partial charge on any atom is 0.426 e. The van der Waals surface area contributed by atoms with Gasteiger partial charge in [-0.3, -0.25) is 0 Å². The third-order valence-corrected chi connectivity index (χ3v) is 2.96. The summed E-state index contributed by atoms with van der Waals surface area (Å²) >= 11 is 0. The number of alkyl halides is 3. The monoisotopic (exact) mass is 277 g/mol. The summed E-state index contributed by atoms with van der Waals surface area (Å²) in [7, 11) is 0. The Kier molecular flexibility index (Phi) is 3.06. The molecule has 0 radical (unpaired) electrons. The largest absolute Gasteiger partial charge is 0.454 e. The van der Waals surface area contributed by atoms with Gasteiger partial charge in [0.15, 0.2) is 11.4 Å². The minimum atomic E-state index is -5.04. The second-order valence-corrected chi connectivity index (χ2v) is 4.32. The Labute approximate surface area is 105 Å². The van der Waals surface area contributed by atoms with E-state index in [4.69, 9.17) is 10.2 Å². The van der Waals surface area contributed by atoms with Crippen LogP contribution < -0.4 is 5.73 Å². The Morgan fingerprint density at radius 2 is 1.95 bits per heavy atom. The van der Waals surface area contributed by atoms with E-state index in [0.29, 0.717) is 0 Å². The van der Waals surface area contributed by atoms with Gasteiger partial charge >= 0.3 is 6.18 Å². The van der Waals surface area contributed by atoms with Gasteiger partial charge in [-0.25, -0.2) is 4.39 Å². The molecule has 2 atom stereocenters. The van der Waals surface area contributed by atoms with Crippen molar-refractivity contribution in [3.05, 3.63) is 35.8 Å². The molecule has 2 rings (SSSR count). The van der Waals surface area contributed by atoms with E-state index in [1.807, 2.05) is 0 Å². The van der Waals surface area contributed by atoms with Crippen LogP contribution in [0.1, 0.15) is 12.7 Å². The molecule has 0 spiro atoms. The molecular weight excluding hydrogens is 266 g/mol. The lowest BCUT2D eigenvalue weighted by molar-refractivity contribution is -0.278. The van der Waals surface area contributed by atoms with Gasteiger partial charge in [0, 0.05) is 11.4 Å². The molecule has 104 valence electrons. The van der Waals surface area contributed by atoms with Gasteiger partial charge in [-0.1, -0.05) is 12.1 Å². The Balaban J connectivity index is 2.68. The van der Waals surface area contributed by atoms with Crippen LogP contribution in [0.3, 0.4) is 0 Å². The summed E-state index contributed by atoms with van der Waals surface area (Å²) in [5.41, 5.74) is 1.52. The van der Waals surface area contributed by atoms with Gasteiger partial charge in [-0.05, 0) is 19.1 Å². The molecule has 1 aromatic heterocycles. The first-order chi connectivity index (χ1) is 8.68. The van der Waals surface area contributed by atoms with E-state index in [-0.39, 0.29) is 11.0 Å². The first-order valence-electron chi connectivity index (χ1n) is 5.41. The van der Waals surface area contributed by atoms with Crippen LogP contribution in [0.15, 0.2) is 28.7 Å². The number of hydrogen-bond donors (Lipinski definition) is 2. The summed E-state index contributed by atoms with van der Waals surface area (Å²) in [4.78, 5) is 0. The van der Waals surface area contributed by atoms with Crippen molar-refractivity contribution in [2.24, 2.45) is 5.73 Å². The second-order valence-electron chi connectivity index (χ2n) is 4.32. The van der Waals surface area contributed by atoms with Crippen molar-refractivity contribution in [2.75, 3.05) is 0 Å². The fraction of sp³-hybridized carbons (Fsp3) is 0.333. The van der Waals surface area contributed by atoms with Gasteiger partial charge in [-0.2, -0.15) is 13.2 Å². The van der Waals surface area contributed by atoms with E-state index in [1.54, 1.807) is 0 Å². The van der Waals surface area contributed by atoms with Crippen LogP contribution in [0.5, 0.6) is 0 Å². The first kappa shape index (κ1) is 13.8. The molecule has 2 unspecified atom stereocenters. The molecule has 0 saturated carbocycles. The van der Waals surface area contributed by atoms with Gasteiger partial charge in [0.05, 0.1) is 0 Å². The maximum atomic E-state index is 13.4. The van der Waals surface area contributed by atoms with Crippen molar-refractivity contribution >= 4 is 11.0 Å². The Morgan fingerprint density at radius 3 is 2.42 bits per heavy atom. The quantitative estimate of drug-likeness (QED) is 0.830. The number of halogens is 4. The fourth-order valence-corrected chi connectivity index (χ4v) is 1.84. The SMILES string of the molecule is CC(N)C(O)(c1cc2cccc(F)c2o1)C(F)(F)F. The molecule has 3 N–H and O–H groups in total. The molecule has 1 aromatic carbocycles. The van der Waals surface area contributed by atoms with Crippen LogP contribution in [0.4, 0.5) is 17.6 Å². The summed E-state index contributed by atoms with van der Waals surface area (Å²) < 4.78 is 57.2. The lowest BCUT2D eigenvalue weighted by Gasteiger charge is -2.31. The molecule has 0 aliphatic heterocycles. The minimum Gasteiger partial charge on any atom is -0.454 e. The third-order valence-electron chi connectivity index (χ3n) is 2.96. The highest BCUT2D eigenvalue weighted by molar-refractivity contribution is 5.78. The molecule has 0 aliphatic rings. The van der Waals surface area contributed by atoms with Crippen LogP contribution in [0.2, 0.25) is 0 Å². The van der Waals surface area contributed by atoms with Crippen molar-refractivity contribution in [1.82, 2.24) is 0 Å². The van der Waals surface area contributed by atoms with Crippen molar-refractivity contribution < 1.29 is 27.1 Å². The maximum absolute atomic E-state index is 13.4. The van der Waals surface area contributed by atoms with Gasteiger partial charge in [-0.15, -0.1) is 0 Å². The summed E-state index contributed by atoms with van der Waals surface area (Å²) in [5, 5.41) is 9.95. The number of fused-ring (bicyclic) bond motifs is 1. The minimum absolute atomic E-state index is 0.123. The highest BCUT2D eigenvalue weighted by atomic mass is 19.4. The molecular formula is C12H11F4NO2. The smallest absolute Gasteiger partial charge is 0.426 e. The van der Waals surface area contributed by atoms with Crippen LogP contribution in [0.25, 0.3) is 11.0 Å². The lowest BCUT2D eigenvalue weighted by Crippen LogP contribution is -2.54. The molecule has 0 amide bonds. The number of nitrogens with two attached hydrogens (primary N) is 1. The number of rotatable bonds is 2. The van der Waals surface area contributed by atoms with Crippen LogP contribution in [-0.2, 0) is 5.60 Å². The van der Waals surface area contributed by atoms with Gasteiger partial charge in [0.1, 0.15) is 5.76 Å². The van der Waals surface area contributed by atoms with E-state index in [9.17, 15) is 22.7 Å². The van der Waals surface area contributed by atoms with Gasteiger partial charge in [0.25, 0.3) is 0 Å². The normalized spacial score (nSPS) is 17.4. The van der Waals surface area contributed by atoms with Crippen molar-refractivity contribution in [3.8, 4) is 0 Å². The second kappa shape index (κ2) is 4.21. The fourth-order valence-electron chi connectivity index (χ4n) is 1.84.